The summed E-state index contributed by atoms with van der Waals surface area (Å²) in [4.78, 5) is 4.60. The summed E-state index contributed by atoms with van der Waals surface area (Å²) in [6, 6.07) is 34.7. The zero-order valence-electron chi connectivity index (χ0n) is 15.5. The van der Waals surface area contributed by atoms with Crippen molar-refractivity contribution in [2.24, 2.45) is 4.99 Å². The maximum absolute atomic E-state index is 5.85. The van der Waals surface area contributed by atoms with Gasteiger partial charge in [-0.15, -0.1) is 0 Å². The van der Waals surface area contributed by atoms with Gasteiger partial charge in [0.1, 0.15) is 6.61 Å². The summed E-state index contributed by atoms with van der Waals surface area (Å²) in [5, 5.41) is 6.57. The van der Waals surface area contributed by atoms with Crippen LogP contribution in [0.15, 0.2) is 102 Å². The molecule has 5 rings (SSSR count). The van der Waals surface area contributed by atoms with E-state index >= 15 is 0 Å². The van der Waals surface area contributed by atoms with Crippen molar-refractivity contribution in [3.8, 4) is 0 Å². The van der Waals surface area contributed by atoms with Crippen molar-refractivity contribution < 1.29 is 4.74 Å². The van der Waals surface area contributed by atoms with Crippen LogP contribution in [-0.2, 0) is 4.74 Å². The minimum absolute atomic E-state index is 0.668. The average Bonchev–Trinajstić information content (AvgIpc) is 3.30. The zero-order valence-corrected chi connectivity index (χ0v) is 16.3. The number of aliphatic imine (C=N–C) groups is 1. The Morgan fingerprint density at radius 1 is 0.679 bits per heavy atom. The molecule has 0 N–H and O–H groups in total. The molecule has 28 heavy (non-hydrogen) atoms. The third kappa shape index (κ3) is 3.10. The summed E-state index contributed by atoms with van der Waals surface area (Å²) in [6.45, 7) is 1.41. The van der Waals surface area contributed by atoms with Crippen LogP contribution < -0.4 is 15.9 Å². The van der Waals surface area contributed by atoms with Crippen LogP contribution in [0.5, 0.6) is 0 Å². The normalized spacial score (nSPS) is 14.5. The van der Waals surface area contributed by atoms with E-state index in [1.807, 2.05) is 0 Å². The van der Waals surface area contributed by atoms with E-state index in [0.717, 1.165) is 18.0 Å². The molecule has 1 aliphatic heterocycles. The molecule has 0 unspecified atom stereocenters. The van der Waals surface area contributed by atoms with Gasteiger partial charge in [-0.2, -0.15) is 0 Å². The number of hydrogen-bond donors (Lipinski definition) is 0. The number of rotatable bonds is 4. The van der Waals surface area contributed by atoms with Gasteiger partial charge in [0.15, 0.2) is 0 Å². The van der Waals surface area contributed by atoms with E-state index in [1.165, 1.54) is 26.7 Å². The number of ether oxygens (including phenoxy) is 1. The molecule has 0 fully saturated rings. The lowest BCUT2D eigenvalue weighted by Gasteiger charge is -2.23. The molecule has 0 aliphatic carbocycles. The second-order valence-corrected chi connectivity index (χ2v) is 8.87. The van der Waals surface area contributed by atoms with E-state index in [-0.39, 0.29) is 0 Å². The smallest absolute Gasteiger partial charge is 0.216 e. The molecule has 3 heteroatoms. The highest BCUT2D eigenvalue weighted by Gasteiger charge is 2.24. The lowest BCUT2D eigenvalue weighted by Crippen LogP contribution is -2.26. The Hall–Kier alpha value is -2.96. The summed E-state index contributed by atoms with van der Waals surface area (Å²) in [7, 11) is -0.744. The van der Waals surface area contributed by atoms with Crippen LogP contribution in [0, 0.1) is 0 Å². The number of benzene rings is 4. The number of fused-ring (bicyclic) bond motifs is 1. The minimum atomic E-state index is -0.744. The third-order valence-corrected chi connectivity index (χ3v) is 7.54. The van der Waals surface area contributed by atoms with Gasteiger partial charge in [0.2, 0.25) is 5.90 Å². The predicted octanol–water partition coefficient (Wildman–Crippen LogP) is 4.37. The SMILES string of the molecule is c1ccc([P@](c2ccccc2C2=NCCO2)c2cccc3ccccc23)cc1. The van der Waals surface area contributed by atoms with E-state index in [9.17, 15) is 0 Å². The summed E-state index contributed by atoms with van der Waals surface area (Å²) >= 11 is 0. The van der Waals surface area contributed by atoms with Gasteiger partial charge in [-0.05, 0) is 40.7 Å². The lowest BCUT2D eigenvalue weighted by atomic mass is 10.1. The van der Waals surface area contributed by atoms with Crippen molar-refractivity contribution >= 4 is 40.5 Å². The third-order valence-electron chi connectivity index (χ3n) is 4.98. The standard InChI is InChI=1S/C25H20NOP/c1-2-11-20(12-3-1)28(23-16-8-10-19-9-4-5-13-21(19)23)24-15-7-6-14-22(24)25-26-17-18-27-25/h1-16H,17-18H2/t28-/m0/s1. The van der Waals surface area contributed by atoms with Gasteiger partial charge >= 0.3 is 0 Å². The Morgan fingerprint density at radius 3 is 2.25 bits per heavy atom. The lowest BCUT2D eigenvalue weighted by molar-refractivity contribution is 0.348. The van der Waals surface area contributed by atoms with Crippen LogP contribution in [0.25, 0.3) is 10.8 Å². The maximum atomic E-state index is 5.85. The molecule has 2 nitrogen and oxygen atoms in total. The van der Waals surface area contributed by atoms with E-state index < -0.39 is 7.92 Å². The highest BCUT2D eigenvalue weighted by atomic mass is 31.1. The maximum Gasteiger partial charge on any atom is 0.216 e. The summed E-state index contributed by atoms with van der Waals surface area (Å²) in [6.07, 6.45) is 0. The topological polar surface area (TPSA) is 21.6 Å². The molecule has 1 heterocycles. The van der Waals surface area contributed by atoms with Crippen LogP contribution in [0.2, 0.25) is 0 Å². The Morgan fingerprint density at radius 2 is 1.39 bits per heavy atom. The van der Waals surface area contributed by atoms with Crippen LogP contribution in [0.4, 0.5) is 0 Å². The molecule has 4 aromatic rings. The Labute approximate surface area is 166 Å². The zero-order chi connectivity index (χ0) is 18.8. The fraction of sp³-hybridized carbons (Fsp3) is 0.0800. The van der Waals surface area contributed by atoms with Gasteiger partial charge in [0, 0.05) is 5.56 Å². The molecule has 0 bridgehead atoms. The first-order valence-electron chi connectivity index (χ1n) is 9.51. The van der Waals surface area contributed by atoms with Crippen LogP contribution in [0.3, 0.4) is 0 Å². The van der Waals surface area contributed by atoms with Gasteiger partial charge in [-0.25, -0.2) is 4.99 Å². The van der Waals surface area contributed by atoms with Gasteiger partial charge in [-0.3, -0.25) is 0 Å². The highest BCUT2D eigenvalue weighted by molar-refractivity contribution is 7.80. The largest absolute Gasteiger partial charge is 0.475 e. The fourth-order valence-corrected chi connectivity index (χ4v) is 6.35. The van der Waals surface area contributed by atoms with E-state index in [2.05, 4.69) is 102 Å². The molecule has 0 spiro atoms. The Bertz CT molecular complexity index is 1150. The molecule has 0 aromatic heterocycles. The first-order chi connectivity index (χ1) is 13.9. The molecule has 0 radical (unpaired) electrons. The summed E-state index contributed by atoms with van der Waals surface area (Å²) < 4.78 is 5.85. The second-order valence-electron chi connectivity index (χ2n) is 6.72. The van der Waals surface area contributed by atoms with Crippen molar-refractivity contribution in [2.75, 3.05) is 13.2 Å². The van der Waals surface area contributed by atoms with Gasteiger partial charge < -0.3 is 4.74 Å². The first-order valence-corrected chi connectivity index (χ1v) is 10.9. The molecule has 4 aromatic carbocycles. The van der Waals surface area contributed by atoms with Crippen molar-refractivity contribution in [1.82, 2.24) is 0 Å². The number of hydrogen-bond acceptors (Lipinski definition) is 2. The van der Waals surface area contributed by atoms with E-state index in [1.54, 1.807) is 0 Å². The van der Waals surface area contributed by atoms with Crippen LogP contribution in [-0.4, -0.2) is 19.0 Å². The average molecular weight is 381 g/mol. The van der Waals surface area contributed by atoms with Gasteiger partial charge in [-0.1, -0.05) is 91.0 Å². The van der Waals surface area contributed by atoms with Crippen molar-refractivity contribution in [1.29, 1.82) is 0 Å². The number of nitrogens with zero attached hydrogens (tertiary/aromatic N) is 1. The van der Waals surface area contributed by atoms with Crippen LogP contribution in [0.1, 0.15) is 5.56 Å². The van der Waals surface area contributed by atoms with Crippen LogP contribution >= 0.6 is 7.92 Å². The summed E-state index contributed by atoms with van der Waals surface area (Å²) in [5.74, 6) is 0.777. The minimum Gasteiger partial charge on any atom is -0.475 e. The van der Waals surface area contributed by atoms with E-state index in [0.29, 0.717) is 6.61 Å². The van der Waals surface area contributed by atoms with Crippen molar-refractivity contribution in [3.63, 3.8) is 0 Å². The van der Waals surface area contributed by atoms with Crippen molar-refractivity contribution in [2.45, 2.75) is 0 Å². The van der Waals surface area contributed by atoms with Crippen molar-refractivity contribution in [3.05, 3.63) is 103 Å². The second kappa shape index (κ2) is 7.58. The Kier molecular flexibility index (Phi) is 4.64. The quantitative estimate of drug-likeness (QED) is 0.481. The molecule has 1 aliphatic rings. The van der Waals surface area contributed by atoms with Gasteiger partial charge in [0.05, 0.1) is 6.54 Å². The molecule has 0 amide bonds. The summed E-state index contributed by atoms with van der Waals surface area (Å²) in [5.41, 5.74) is 1.11. The molecule has 1 atom stereocenters. The highest BCUT2D eigenvalue weighted by Crippen LogP contribution is 2.37. The van der Waals surface area contributed by atoms with E-state index in [4.69, 9.17) is 4.74 Å². The first kappa shape index (κ1) is 17.2. The fourth-order valence-electron chi connectivity index (χ4n) is 3.74. The van der Waals surface area contributed by atoms with Gasteiger partial charge in [0.25, 0.3) is 0 Å². The predicted molar refractivity (Wildman–Crippen MR) is 120 cm³/mol. The molecule has 136 valence electrons. The molecule has 0 saturated heterocycles. The Balaban J connectivity index is 1.78. The molecular weight excluding hydrogens is 361 g/mol. The molecule has 0 saturated carbocycles. The molecular formula is C25H20NOP. The monoisotopic (exact) mass is 381 g/mol.